The molecule has 1 unspecified atom stereocenters. The number of aryl methyl sites for hydroxylation is 1. The summed E-state index contributed by atoms with van der Waals surface area (Å²) in [5, 5.41) is 0. The van der Waals surface area contributed by atoms with Crippen LogP contribution in [0.4, 0.5) is 0 Å². The highest BCUT2D eigenvalue weighted by molar-refractivity contribution is 6.60. The molecule has 0 radical (unpaired) electrons. The van der Waals surface area contributed by atoms with Gasteiger partial charge in [0.15, 0.2) is 0 Å². The van der Waals surface area contributed by atoms with E-state index in [1.807, 2.05) is 18.2 Å². The summed E-state index contributed by atoms with van der Waals surface area (Å²) in [7, 11) is 1.91. The Labute approximate surface area is 126 Å². The normalized spacial score (nSPS) is 17.6. The molecule has 2 rings (SSSR count). The molecule has 0 saturated heterocycles. The van der Waals surface area contributed by atoms with Crippen molar-refractivity contribution < 1.29 is 22.8 Å². The summed E-state index contributed by atoms with van der Waals surface area (Å²) < 4.78 is 21.5. The van der Waals surface area contributed by atoms with E-state index in [0.717, 1.165) is 18.4 Å². The summed E-state index contributed by atoms with van der Waals surface area (Å²) in [5.41, 5.74) is 2.39. The zero-order valence-electron chi connectivity index (χ0n) is 12.8. The molecule has 116 valence electrons. The van der Waals surface area contributed by atoms with Crippen molar-refractivity contribution in [1.29, 1.82) is 0 Å². The van der Waals surface area contributed by atoms with E-state index in [0.29, 0.717) is 6.04 Å². The van der Waals surface area contributed by atoms with E-state index < -0.39 is 8.80 Å². The molecule has 1 aliphatic rings. The molecule has 0 fully saturated rings. The molecule has 0 saturated carbocycles. The van der Waals surface area contributed by atoms with Crippen molar-refractivity contribution in [3.8, 4) is 0 Å². The predicted molar refractivity (Wildman–Crippen MR) is 79.8 cm³/mol. The van der Waals surface area contributed by atoms with E-state index in [-0.39, 0.29) is 18.5 Å². The van der Waals surface area contributed by atoms with Gasteiger partial charge in [-0.3, -0.25) is 4.79 Å². The number of fused-ring (bicyclic) bond motifs is 1. The zero-order valence-corrected chi connectivity index (χ0v) is 13.8. The standard InChI is InChI=1S/C15H22O5Si/c1-17-21(18-2,19-3)11-10-15(16)20-14-9-8-12-6-4-5-7-13(12)14/h4-7,14H,8-11H2,1-3H3. The number of hydrogen-bond donors (Lipinski definition) is 0. The van der Waals surface area contributed by atoms with Crippen molar-refractivity contribution in [2.24, 2.45) is 0 Å². The smallest absolute Gasteiger partial charge is 0.457 e. The summed E-state index contributed by atoms with van der Waals surface area (Å²) in [4.78, 5) is 12.0. The van der Waals surface area contributed by atoms with Crippen molar-refractivity contribution in [3.63, 3.8) is 0 Å². The van der Waals surface area contributed by atoms with Crippen molar-refractivity contribution in [2.75, 3.05) is 21.3 Å². The van der Waals surface area contributed by atoms with Gasteiger partial charge in [-0.1, -0.05) is 24.3 Å². The molecule has 1 aromatic rings. The lowest BCUT2D eigenvalue weighted by Crippen LogP contribution is -2.43. The van der Waals surface area contributed by atoms with Crippen LogP contribution in [-0.2, 0) is 29.2 Å². The lowest BCUT2D eigenvalue weighted by Gasteiger charge is -2.24. The Balaban J connectivity index is 1.89. The van der Waals surface area contributed by atoms with Gasteiger partial charge < -0.3 is 18.0 Å². The third-order valence-corrected chi connectivity index (χ3v) is 6.65. The highest BCUT2D eigenvalue weighted by Gasteiger charge is 2.38. The van der Waals surface area contributed by atoms with Gasteiger partial charge in [0.05, 0.1) is 0 Å². The van der Waals surface area contributed by atoms with E-state index in [4.69, 9.17) is 18.0 Å². The van der Waals surface area contributed by atoms with Crippen LogP contribution in [0.3, 0.4) is 0 Å². The maximum absolute atomic E-state index is 12.0. The van der Waals surface area contributed by atoms with E-state index >= 15 is 0 Å². The quantitative estimate of drug-likeness (QED) is 0.572. The summed E-state index contributed by atoms with van der Waals surface area (Å²) in [6.07, 6.45) is 1.92. The summed E-state index contributed by atoms with van der Waals surface area (Å²) >= 11 is 0. The third kappa shape index (κ3) is 3.71. The van der Waals surface area contributed by atoms with Crippen molar-refractivity contribution in [2.45, 2.75) is 31.4 Å². The van der Waals surface area contributed by atoms with Crippen LogP contribution >= 0.6 is 0 Å². The van der Waals surface area contributed by atoms with Crippen LogP contribution in [0.25, 0.3) is 0 Å². The molecular weight excluding hydrogens is 288 g/mol. The van der Waals surface area contributed by atoms with Crippen LogP contribution < -0.4 is 0 Å². The Morgan fingerprint density at radius 2 is 1.86 bits per heavy atom. The first-order valence-electron chi connectivity index (χ1n) is 7.07. The van der Waals surface area contributed by atoms with Crippen molar-refractivity contribution in [3.05, 3.63) is 35.4 Å². The Hall–Kier alpha value is -1.21. The van der Waals surface area contributed by atoms with E-state index in [9.17, 15) is 4.79 Å². The summed E-state index contributed by atoms with van der Waals surface area (Å²) in [6, 6.07) is 8.52. The van der Waals surface area contributed by atoms with Gasteiger partial charge >= 0.3 is 14.8 Å². The molecule has 0 bridgehead atoms. The minimum Gasteiger partial charge on any atom is -0.457 e. The van der Waals surface area contributed by atoms with Gasteiger partial charge in [-0.25, -0.2) is 0 Å². The molecule has 1 atom stereocenters. The van der Waals surface area contributed by atoms with E-state index in [1.165, 1.54) is 26.9 Å². The molecule has 0 heterocycles. The zero-order chi connectivity index (χ0) is 15.3. The fraction of sp³-hybridized carbons (Fsp3) is 0.533. The summed E-state index contributed by atoms with van der Waals surface area (Å²) in [6.45, 7) is 0. The van der Waals surface area contributed by atoms with E-state index in [2.05, 4.69) is 6.07 Å². The molecule has 0 spiro atoms. The molecule has 0 aromatic heterocycles. The topological polar surface area (TPSA) is 54.0 Å². The Bertz CT molecular complexity index is 478. The second-order valence-corrected chi connectivity index (χ2v) is 8.10. The number of rotatable bonds is 7. The van der Waals surface area contributed by atoms with Crippen LogP contribution in [0.15, 0.2) is 24.3 Å². The molecule has 0 aliphatic heterocycles. The second kappa shape index (κ2) is 7.17. The predicted octanol–water partition coefficient (Wildman–Crippen LogP) is 2.49. The fourth-order valence-corrected chi connectivity index (χ4v) is 4.29. The highest BCUT2D eigenvalue weighted by atomic mass is 28.4. The lowest BCUT2D eigenvalue weighted by atomic mass is 10.1. The van der Waals surface area contributed by atoms with Gasteiger partial charge in [0.2, 0.25) is 0 Å². The Kier molecular flexibility index (Phi) is 5.52. The SMILES string of the molecule is CO[Si](CCC(=O)OC1CCc2ccccc21)(OC)OC. The average molecular weight is 310 g/mol. The van der Waals surface area contributed by atoms with Crippen LogP contribution in [0.5, 0.6) is 0 Å². The van der Waals surface area contributed by atoms with Crippen LogP contribution in [0, 0.1) is 0 Å². The van der Waals surface area contributed by atoms with Gasteiger partial charge in [-0.15, -0.1) is 0 Å². The number of carbonyl (C=O) groups is 1. The second-order valence-electron chi connectivity index (χ2n) is 5.01. The molecule has 5 nitrogen and oxygen atoms in total. The van der Waals surface area contributed by atoms with Crippen LogP contribution in [0.2, 0.25) is 6.04 Å². The number of hydrogen-bond acceptors (Lipinski definition) is 5. The number of esters is 1. The summed E-state index contributed by atoms with van der Waals surface area (Å²) in [5.74, 6) is -0.236. The third-order valence-electron chi connectivity index (χ3n) is 3.92. The van der Waals surface area contributed by atoms with Gasteiger partial charge in [0.25, 0.3) is 0 Å². The average Bonchev–Trinajstić information content (AvgIpc) is 2.93. The van der Waals surface area contributed by atoms with Gasteiger partial charge in [-0.05, 0) is 24.0 Å². The molecule has 6 heteroatoms. The van der Waals surface area contributed by atoms with E-state index in [1.54, 1.807) is 0 Å². The Morgan fingerprint density at radius 1 is 1.19 bits per heavy atom. The van der Waals surface area contributed by atoms with Crippen LogP contribution in [-0.4, -0.2) is 36.1 Å². The Morgan fingerprint density at radius 3 is 2.52 bits per heavy atom. The number of ether oxygens (including phenoxy) is 1. The van der Waals surface area contributed by atoms with Gasteiger partial charge in [-0.2, -0.15) is 0 Å². The molecule has 0 amide bonds. The number of carbonyl (C=O) groups excluding carboxylic acids is 1. The first kappa shape index (κ1) is 16.2. The molecule has 1 aromatic carbocycles. The maximum atomic E-state index is 12.0. The largest absolute Gasteiger partial charge is 0.500 e. The van der Waals surface area contributed by atoms with Gasteiger partial charge in [0.1, 0.15) is 6.10 Å². The van der Waals surface area contributed by atoms with Crippen LogP contribution in [0.1, 0.15) is 30.1 Å². The monoisotopic (exact) mass is 310 g/mol. The molecule has 1 aliphatic carbocycles. The number of benzene rings is 1. The highest BCUT2D eigenvalue weighted by Crippen LogP contribution is 2.34. The minimum atomic E-state index is -2.71. The molecular formula is C15H22O5Si. The van der Waals surface area contributed by atoms with Crippen molar-refractivity contribution >= 4 is 14.8 Å². The molecule has 0 N–H and O–H groups in total. The fourth-order valence-electron chi connectivity index (χ4n) is 2.67. The van der Waals surface area contributed by atoms with Gasteiger partial charge in [0, 0.05) is 33.8 Å². The first-order valence-corrected chi connectivity index (χ1v) is 9.00. The first-order chi connectivity index (χ1) is 10.1. The minimum absolute atomic E-state index is 0.127. The maximum Gasteiger partial charge on any atom is 0.500 e. The lowest BCUT2D eigenvalue weighted by molar-refractivity contribution is -0.149. The van der Waals surface area contributed by atoms with Crippen molar-refractivity contribution in [1.82, 2.24) is 0 Å². The molecule has 21 heavy (non-hydrogen) atoms.